The van der Waals surface area contributed by atoms with Gasteiger partial charge in [0.15, 0.2) is 8.32 Å². The molecule has 0 N–H and O–H groups in total. The first kappa shape index (κ1) is 25.3. The van der Waals surface area contributed by atoms with Gasteiger partial charge in [-0.1, -0.05) is 13.3 Å². The van der Waals surface area contributed by atoms with E-state index < -0.39 is 49.6 Å². The fourth-order valence-corrected chi connectivity index (χ4v) is 6.07. The maximum atomic E-state index is 14.2. The van der Waals surface area contributed by atoms with Crippen LogP contribution in [0.25, 0.3) is 0 Å². The number of hydrogen-bond acceptors (Lipinski definition) is 1. The quantitative estimate of drug-likeness (QED) is 0.324. The highest BCUT2D eigenvalue weighted by Gasteiger charge is 2.91. The zero-order chi connectivity index (χ0) is 22.6. The zero-order valence-electron chi connectivity index (χ0n) is 14.2. The Morgan fingerprint density at radius 2 is 1.11 bits per heavy atom. The van der Waals surface area contributed by atoms with E-state index >= 15 is 0 Å². The fraction of sp³-hybridized carbons (Fsp3) is 1.00. The molecule has 1 saturated heterocycles. The van der Waals surface area contributed by atoms with Gasteiger partial charge in [-0.3, -0.25) is 0 Å². The van der Waals surface area contributed by atoms with E-state index in [1.807, 2.05) is 0 Å². The Morgan fingerprint density at radius 1 is 0.679 bits per heavy atom. The molecule has 2 atom stereocenters. The SMILES string of the molecule is CC(C(F)(F)C(F)(F)C(F)(F)C(F)(F)C(F)(F)C(F)(F)F)[Si]1(C)CCCCO1. The maximum absolute atomic E-state index is 14.2. The van der Waals surface area contributed by atoms with E-state index in [0.29, 0.717) is 13.3 Å². The van der Waals surface area contributed by atoms with Gasteiger partial charge in [-0.05, 0) is 19.0 Å². The van der Waals surface area contributed by atoms with Crippen LogP contribution in [0.2, 0.25) is 18.1 Å². The second kappa shape index (κ2) is 6.91. The van der Waals surface area contributed by atoms with E-state index in [2.05, 4.69) is 0 Å². The van der Waals surface area contributed by atoms with E-state index in [9.17, 15) is 57.1 Å². The second-order valence-corrected chi connectivity index (χ2v) is 11.0. The highest BCUT2D eigenvalue weighted by Crippen LogP contribution is 2.63. The highest BCUT2D eigenvalue weighted by atomic mass is 28.4. The molecule has 1 rings (SSSR count). The lowest BCUT2D eigenvalue weighted by Crippen LogP contribution is -2.71. The molecule has 2 unspecified atom stereocenters. The first-order valence-corrected chi connectivity index (χ1v) is 10.4. The summed E-state index contributed by atoms with van der Waals surface area (Å²) < 4.78 is 176. The molecule has 1 heterocycles. The summed E-state index contributed by atoms with van der Waals surface area (Å²) in [6.45, 7) is 1.02. The van der Waals surface area contributed by atoms with Crippen molar-refractivity contribution in [3.8, 4) is 0 Å². The van der Waals surface area contributed by atoms with Crippen LogP contribution in [0, 0.1) is 0 Å². The topological polar surface area (TPSA) is 9.23 Å². The van der Waals surface area contributed by atoms with Gasteiger partial charge in [0.25, 0.3) is 0 Å². The summed E-state index contributed by atoms with van der Waals surface area (Å²) in [6, 6.07) is -0.249. The second-order valence-electron chi connectivity index (χ2n) is 6.76. The van der Waals surface area contributed by atoms with Gasteiger partial charge in [-0.25, -0.2) is 0 Å². The molecule has 0 amide bonds. The predicted octanol–water partition coefficient (Wildman–Crippen LogP) is 6.50. The summed E-state index contributed by atoms with van der Waals surface area (Å²) in [5.74, 6) is -36.6. The number of alkyl halides is 13. The Kier molecular flexibility index (Phi) is 6.24. The first-order chi connectivity index (χ1) is 12.1. The summed E-state index contributed by atoms with van der Waals surface area (Å²) in [4.78, 5) is 0. The molecule has 15 heteroatoms. The van der Waals surface area contributed by atoms with E-state index in [4.69, 9.17) is 4.43 Å². The summed E-state index contributed by atoms with van der Waals surface area (Å²) in [7, 11) is -3.92. The van der Waals surface area contributed by atoms with E-state index in [0.717, 1.165) is 6.55 Å². The Hall–Kier alpha value is -0.733. The third kappa shape index (κ3) is 3.39. The molecule has 1 nitrogen and oxygen atoms in total. The van der Waals surface area contributed by atoms with Gasteiger partial charge in [-0.15, -0.1) is 0 Å². The van der Waals surface area contributed by atoms with Crippen LogP contribution in [-0.2, 0) is 4.43 Å². The van der Waals surface area contributed by atoms with E-state index in [1.54, 1.807) is 0 Å². The van der Waals surface area contributed by atoms with Crippen LogP contribution in [0.3, 0.4) is 0 Å². The van der Waals surface area contributed by atoms with Crippen molar-refractivity contribution in [3.05, 3.63) is 0 Å². The Balaban J connectivity index is 3.44. The van der Waals surface area contributed by atoms with E-state index in [-0.39, 0.29) is 19.1 Å². The van der Waals surface area contributed by atoms with Crippen molar-refractivity contribution in [2.24, 2.45) is 0 Å². The molecule has 0 aromatic carbocycles. The van der Waals surface area contributed by atoms with Gasteiger partial charge in [0.1, 0.15) is 0 Å². The molecule has 1 aliphatic rings. The molecule has 0 aromatic rings. The van der Waals surface area contributed by atoms with Crippen LogP contribution in [0.1, 0.15) is 19.8 Å². The van der Waals surface area contributed by atoms with Crippen molar-refractivity contribution in [2.75, 3.05) is 6.61 Å². The lowest BCUT2D eigenvalue weighted by Gasteiger charge is -2.45. The third-order valence-electron chi connectivity index (χ3n) is 4.92. The first-order valence-electron chi connectivity index (χ1n) is 7.71. The fourth-order valence-electron chi connectivity index (χ4n) is 2.73. The number of halogens is 13. The summed E-state index contributed by atoms with van der Waals surface area (Å²) in [5.41, 5.74) is -2.79. The van der Waals surface area contributed by atoms with Crippen LogP contribution >= 0.6 is 0 Å². The van der Waals surface area contributed by atoms with Crippen molar-refractivity contribution < 1.29 is 61.5 Å². The zero-order valence-corrected chi connectivity index (χ0v) is 15.2. The molecule has 0 aliphatic carbocycles. The minimum atomic E-state index is -7.86. The average molecular weight is 462 g/mol. The van der Waals surface area contributed by atoms with Gasteiger partial charge in [0, 0.05) is 12.1 Å². The summed E-state index contributed by atoms with van der Waals surface area (Å²) in [5, 5.41) is 0. The average Bonchev–Trinajstić information content (AvgIpc) is 2.52. The standard InChI is InChI=1S/C13H15F13OSi/c1-7(28(2)6-4-3-5-27-28)8(14,15)9(16,17)10(18,19)11(20,21)12(22,23)13(24,25)26/h7H,3-6H2,1-2H3. The molecule has 28 heavy (non-hydrogen) atoms. The Labute approximate surface area is 151 Å². The summed E-state index contributed by atoms with van der Waals surface area (Å²) in [6.07, 6.45) is -6.90. The van der Waals surface area contributed by atoms with Gasteiger partial charge < -0.3 is 4.43 Å². The molecule has 0 radical (unpaired) electrons. The third-order valence-corrected chi connectivity index (χ3v) is 9.32. The minimum Gasteiger partial charge on any atom is -0.417 e. The minimum absolute atomic E-state index is 0.174. The molecule has 168 valence electrons. The lowest BCUT2D eigenvalue weighted by molar-refractivity contribution is -0.440. The number of hydrogen-bond donors (Lipinski definition) is 0. The van der Waals surface area contributed by atoms with Crippen molar-refractivity contribution in [2.45, 2.75) is 73.7 Å². The van der Waals surface area contributed by atoms with Gasteiger partial charge in [0.05, 0.1) is 0 Å². The largest absolute Gasteiger partial charge is 0.460 e. The molecule has 1 aliphatic heterocycles. The number of rotatable bonds is 6. The molecule has 0 spiro atoms. The molecule has 1 fully saturated rings. The van der Waals surface area contributed by atoms with Gasteiger partial charge in [-0.2, -0.15) is 57.1 Å². The van der Waals surface area contributed by atoms with Crippen molar-refractivity contribution in [1.29, 1.82) is 0 Å². The van der Waals surface area contributed by atoms with Gasteiger partial charge >= 0.3 is 35.8 Å². The molecular weight excluding hydrogens is 447 g/mol. The molecule has 0 aromatic heterocycles. The highest BCUT2D eigenvalue weighted by molar-refractivity contribution is 6.74. The summed E-state index contributed by atoms with van der Waals surface area (Å²) >= 11 is 0. The molecule has 0 saturated carbocycles. The van der Waals surface area contributed by atoms with Crippen LogP contribution in [-0.4, -0.2) is 50.7 Å². The van der Waals surface area contributed by atoms with Gasteiger partial charge in [0.2, 0.25) is 0 Å². The maximum Gasteiger partial charge on any atom is 0.460 e. The smallest absolute Gasteiger partial charge is 0.417 e. The van der Waals surface area contributed by atoms with Crippen molar-refractivity contribution in [1.82, 2.24) is 0 Å². The van der Waals surface area contributed by atoms with Crippen molar-refractivity contribution in [3.63, 3.8) is 0 Å². The molecular formula is C13H15F13OSi. The van der Waals surface area contributed by atoms with Crippen LogP contribution in [0.4, 0.5) is 57.1 Å². The Morgan fingerprint density at radius 3 is 1.46 bits per heavy atom. The van der Waals surface area contributed by atoms with Crippen LogP contribution < -0.4 is 0 Å². The van der Waals surface area contributed by atoms with Crippen LogP contribution in [0.15, 0.2) is 0 Å². The Bertz CT molecular complexity index is 565. The van der Waals surface area contributed by atoms with Crippen molar-refractivity contribution >= 4 is 8.32 Å². The predicted molar refractivity (Wildman–Crippen MR) is 71.8 cm³/mol. The normalized spacial score (nSPS) is 25.0. The lowest BCUT2D eigenvalue weighted by atomic mass is 9.93. The van der Waals surface area contributed by atoms with E-state index in [1.165, 1.54) is 0 Å². The molecule has 0 bridgehead atoms. The van der Waals surface area contributed by atoms with Crippen LogP contribution in [0.5, 0.6) is 0 Å². The monoisotopic (exact) mass is 462 g/mol.